The molecular weight excluding hydrogens is 777 g/mol. The van der Waals surface area contributed by atoms with Gasteiger partial charge in [0.25, 0.3) is 5.56 Å². The molecule has 0 radical (unpaired) electrons. The number of hydrogen-bond acceptors (Lipinski definition) is 18. The average molecular weight is 815 g/mol. The van der Waals surface area contributed by atoms with E-state index < -0.39 is 72.0 Å². The van der Waals surface area contributed by atoms with Crippen molar-refractivity contribution in [2.24, 2.45) is 11.5 Å². The van der Waals surface area contributed by atoms with Gasteiger partial charge in [0, 0.05) is 24.7 Å². The summed E-state index contributed by atoms with van der Waals surface area (Å²) >= 11 is 0. The molecular formula is C25H37N8O17P3. The van der Waals surface area contributed by atoms with Gasteiger partial charge in [-0.25, -0.2) is 23.5 Å². The van der Waals surface area contributed by atoms with Gasteiger partial charge in [-0.05, 0) is 30.7 Å². The predicted octanol–water partition coefficient (Wildman–Crippen LogP) is -0.492. The molecule has 1 saturated heterocycles. The SMILES string of the molecule is CC(N)c1cc(NC(=O)COCCOCCN)ccc1C(=O)O[C@@H]1C[C@H](n2cnc3c(=O)[nH]c(N)nc32)OC1COP(=O)(O)OP(=O)(O)OP(=O)(O)O. The number of esters is 1. The van der Waals surface area contributed by atoms with Crippen LogP contribution < -0.4 is 28.1 Å². The highest BCUT2D eigenvalue weighted by atomic mass is 31.3. The van der Waals surface area contributed by atoms with Gasteiger partial charge in [-0.3, -0.25) is 23.7 Å². The highest BCUT2D eigenvalue weighted by molar-refractivity contribution is 7.66. The van der Waals surface area contributed by atoms with Gasteiger partial charge < -0.3 is 61.0 Å². The minimum atomic E-state index is -5.85. The van der Waals surface area contributed by atoms with Crippen molar-refractivity contribution in [1.82, 2.24) is 19.5 Å². The number of aromatic amines is 1. The monoisotopic (exact) mass is 814 g/mol. The predicted molar refractivity (Wildman–Crippen MR) is 178 cm³/mol. The van der Waals surface area contributed by atoms with Crippen LogP contribution in [-0.2, 0) is 50.6 Å². The Kier molecular flexibility index (Phi) is 14.2. The molecule has 1 aliphatic heterocycles. The molecule has 4 rings (SSSR count). The molecule has 6 atom stereocenters. The van der Waals surface area contributed by atoms with E-state index in [1.165, 1.54) is 29.1 Å². The van der Waals surface area contributed by atoms with Crippen LogP contribution in [0.1, 0.15) is 41.5 Å². The first-order valence-corrected chi connectivity index (χ1v) is 19.7. The van der Waals surface area contributed by atoms with Crippen molar-refractivity contribution in [2.45, 2.75) is 37.8 Å². The Morgan fingerprint density at radius 3 is 2.51 bits per heavy atom. The minimum Gasteiger partial charge on any atom is -0.456 e. The lowest BCUT2D eigenvalue weighted by atomic mass is 10.0. The summed E-state index contributed by atoms with van der Waals surface area (Å²) in [7, 11) is -17.1. The summed E-state index contributed by atoms with van der Waals surface area (Å²) in [6.07, 6.45) is -2.98. The number of phosphoric ester groups is 1. The van der Waals surface area contributed by atoms with Crippen LogP contribution in [0.5, 0.6) is 0 Å². The summed E-state index contributed by atoms with van der Waals surface area (Å²) in [6.45, 7) is 1.36. The van der Waals surface area contributed by atoms with Gasteiger partial charge in [0.15, 0.2) is 11.2 Å². The summed E-state index contributed by atoms with van der Waals surface area (Å²) in [5, 5.41) is 2.62. The van der Waals surface area contributed by atoms with Crippen molar-refractivity contribution in [3.05, 3.63) is 46.0 Å². The van der Waals surface area contributed by atoms with Crippen LogP contribution in [-0.4, -0.2) is 103 Å². The van der Waals surface area contributed by atoms with Crippen LogP contribution in [0.25, 0.3) is 11.2 Å². The molecule has 12 N–H and O–H groups in total. The smallest absolute Gasteiger partial charge is 0.456 e. The molecule has 28 heteroatoms. The van der Waals surface area contributed by atoms with E-state index in [2.05, 4.69) is 28.9 Å². The summed E-state index contributed by atoms with van der Waals surface area (Å²) in [6, 6.07) is 3.40. The Morgan fingerprint density at radius 2 is 1.83 bits per heavy atom. The summed E-state index contributed by atoms with van der Waals surface area (Å²) in [4.78, 5) is 85.7. The van der Waals surface area contributed by atoms with Gasteiger partial charge in [-0.1, -0.05) is 0 Å². The Hall–Kier alpha value is -3.48. The maximum absolute atomic E-state index is 13.6. The van der Waals surface area contributed by atoms with Crippen LogP contribution in [0.4, 0.5) is 11.6 Å². The van der Waals surface area contributed by atoms with Crippen LogP contribution in [0.3, 0.4) is 0 Å². The molecule has 0 spiro atoms. The van der Waals surface area contributed by atoms with E-state index in [4.69, 9.17) is 50.5 Å². The molecule has 53 heavy (non-hydrogen) atoms. The number of nitrogens with one attached hydrogen (secondary N) is 2. The second-order valence-electron chi connectivity index (χ2n) is 11.1. The van der Waals surface area contributed by atoms with Crippen LogP contribution >= 0.6 is 23.5 Å². The van der Waals surface area contributed by atoms with Crippen LogP contribution in [0.2, 0.25) is 0 Å². The number of imidazole rings is 1. The molecule has 3 heterocycles. The molecule has 1 aliphatic rings. The fourth-order valence-corrected chi connectivity index (χ4v) is 7.87. The summed E-state index contributed by atoms with van der Waals surface area (Å²) < 4.78 is 70.8. The maximum atomic E-state index is 13.6. The number of nitrogen functional groups attached to an aromatic ring is 1. The van der Waals surface area contributed by atoms with Crippen LogP contribution in [0, 0.1) is 0 Å². The third kappa shape index (κ3) is 12.3. The molecule has 4 unspecified atom stereocenters. The molecule has 3 aromatic rings. The van der Waals surface area contributed by atoms with E-state index in [-0.39, 0.29) is 60.2 Å². The number of fused-ring (bicyclic) bond motifs is 1. The van der Waals surface area contributed by atoms with Gasteiger partial charge in [-0.15, -0.1) is 0 Å². The standard InChI is InChI=1S/C25H37N8O17P3/c1-13(27)16-8-14(30-19(34)11-45-7-6-44-5-4-26)2-3-15(16)24(36)48-17-9-20(33-12-29-21-22(33)31-25(28)32-23(21)35)47-18(17)10-46-52(40,41)50-53(42,43)49-51(37,38)39/h2-3,8,12-13,17-18,20H,4-7,9-11,26-27H2,1H3,(H,30,34)(H,40,41)(H,42,43)(H2,37,38,39)(H3,28,31,32,35)/t13?,17-,18?,20-/m1/s1. The normalized spacial score (nSPS) is 20.5. The Bertz CT molecular complexity index is 1990. The molecule has 0 aliphatic carbocycles. The molecule has 0 saturated carbocycles. The third-order valence-corrected chi connectivity index (χ3v) is 10.7. The zero-order valence-corrected chi connectivity index (χ0v) is 30.3. The number of carbonyl (C=O) groups excluding carboxylic acids is 2. The Balaban J connectivity index is 1.53. The zero-order valence-electron chi connectivity index (χ0n) is 27.6. The van der Waals surface area contributed by atoms with Crippen molar-refractivity contribution in [3.8, 4) is 0 Å². The zero-order chi connectivity index (χ0) is 39.1. The highest BCUT2D eigenvalue weighted by Crippen LogP contribution is 2.66. The quantitative estimate of drug-likeness (QED) is 0.0418. The minimum absolute atomic E-state index is 0.0444. The lowest BCUT2D eigenvalue weighted by Crippen LogP contribution is -2.31. The topological polar surface area (TPSA) is 385 Å². The van der Waals surface area contributed by atoms with E-state index >= 15 is 0 Å². The highest BCUT2D eigenvalue weighted by Gasteiger charge is 2.44. The van der Waals surface area contributed by atoms with Gasteiger partial charge in [-0.2, -0.15) is 13.6 Å². The van der Waals surface area contributed by atoms with Crippen molar-refractivity contribution in [3.63, 3.8) is 0 Å². The molecule has 0 bridgehead atoms. The van der Waals surface area contributed by atoms with Crippen molar-refractivity contribution in [1.29, 1.82) is 0 Å². The Morgan fingerprint density at radius 1 is 1.11 bits per heavy atom. The van der Waals surface area contributed by atoms with Crippen molar-refractivity contribution >= 4 is 58.1 Å². The number of amides is 1. The van der Waals surface area contributed by atoms with E-state index in [1.54, 1.807) is 6.92 Å². The lowest BCUT2D eigenvalue weighted by molar-refractivity contribution is -0.121. The largest absolute Gasteiger partial charge is 0.490 e. The number of aromatic nitrogens is 4. The molecule has 25 nitrogen and oxygen atoms in total. The first-order valence-electron chi connectivity index (χ1n) is 15.2. The Labute approximate surface area is 298 Å². The number of anilines is 2. The van der Waals surface area contributed by atoms with Gasteiger partial charge >= 0.3 is 29.4 Å². The van der Waals surface area contributed by atoms with E-state index in [1.807, 2.05) is 0 Å². The fourth-order valence-electron chi connectivity index (χ4n) is 4.84. The number of nitrogens with two attached hydrogens (primary N) is 3. The molecule has 294 valence electrons. The van der Waals surface area contributed by atoms with Gasteiger partial charge in [0.1, 0.15) is 25.0 Å². The maximum Gasteiger partial charge on any atom is 0.490 e. The van der Waals surface area contributed by atoms with E-state index in [0.29, 0.717) is 13.2 Å². The number of carbonyl (C=O) groups is 2. The molecule has 1 amide bonds. The van der Waals surface area contributed by atoms with Gasteiger partial charge in [0.2, 0.25) is 11.9 Å². The third-order valence-electron chi connectivity index (χ3n) is 6.93. The second kappa shape index (κ2) is 17.8. The first-order chi connectivity index (χ1) is 24.8. The fraction of sp³-hybridized carbons (Fsp3) is 0.480. The van der Waals surface area contributed by atoms with Gasteiger partial charge in [0.05, 0.1) is 38.3 Å². The number of rotatable bonds is 19. The number of H-pyrrole nitrogens is 1. The van der Waals surface area contributed by atoms with Crippen molar-refractivity contribution < 1.29 is 75.0 Å². The van der Waals surface area contributed by atoms with Crippen LogP contribution in [0.15, 0.2) is 29.3 Å². The molecule has 1 aromatic carbocycles. The van der Waals surface area contributed by atoms with Crippen molar-refractivity contribution in [2.75, 3.05) is 50.6 Å². The molecule has 1 fully saturated rings. The number of ether oxygens (including phenoxy) is 4. The molecule has 2 aromatic heterocycles. The number of phosphoric acid groups is 3. The summed E-state index contributed by atoms with van der Waals surface area (Å²) in [5.41, 5.74) is 16.8. The number of nitrogens with zero attached hydrogens (tertiary/aromatic N) is 3. The lowest BCUT2D eigenvalue weighted by Gasteiger charge is -2.22. The second-order valence-corrected chi connectivity index (χ2v) is 15.5. The summed E-state index contributed by atoms with van der Waals surface area (Å²) in [5.74, 6) is -1.74. The number of benzene rings is 1. The van der Waals surface area contributed by atoms with E-state index in [0.717, 1.165) is 0 Å². The van der Waals surface area contributed by atoms with E-state index in [9.17, 15) is 37.9 Å². The number of hydrogen-bond donors (Lipinski definition) is 9. The first kappa shape index (κ1) is 42.3. The average Bonchev–Trinajstić information content (AvgIpc) is 3.63.